The lowest BCUT2D eigenvalue weighted by atomic mass is 10.0. The fraction of sp³-hybridized carbons (Fsp3) is 0.429. The maximum atomic E-state index is 13.2. The second-order valence-corrected chi connectivity index (χ2v) is 10.0. The van der Waals surface area contributed by atoms with Gasteiger partial charge in [0.05, 0.1) is 18.8 Å². The molecule has 9 heteroatoms. The van der Waals surface area contributed by atoms with Crippen LogP contribution in [-0.4, -0.2) is 81.3 Å². The number of nitrogens with zero attached hydrogens (tertiary/aromatic N) is 6. The van der Waals surface area contributed by atoms with Crippen LogP contribution < -0.4 is 10.1 Å². The predicted octanol–water partition coefficient (Wildman–Crippen LogP) is 2.76. The number of allylic oxidation sites excluding steroid dienone is 1. The van der Waals surface area contributed by atoms with Crippen molar-refractivity contribution in [1.82, 2.24) is 29.5 Å². The van der Waals surface area contributed by atoms with Crippen molar-refractivity contribution in [2.45, 2.75) is 38.8 Å². The highest BCUT2D eigenvalue weighted by Crippen LogP contribution is 2.36. The summed E-state index contributed by atoms with van der Waals surface area (Å²) in [6.45, 7) is 6.97. The molecule has 1 aliphatic carbocycles. The number of methoxy groups -OCH3 is 1. The van der Waals surface area contributed by atoms with E-state index < -0.39 is 0 Å². The van der Waals surface area contributed by atoms with E-state index in [1.807, 2.05) is 38.4 Å². The molecule has 0 saturated carbocycles. The zero-order valence-electron chi connectivity index (χ0n) is 22.2. The van der Waals surface area contributed by atoms with Gasteiger partial charge >= 0.3 is 0 Å². The van der Waals surface area contributed by atoms with Crippen molar-refractivity contribution in [3.05, 3.63) is 70.9 Å². The number of fused-ring (bicyclic) bond motifs is 1. The number of aryl methyl sites for hydroxylation is 1. The third kappa shape index (κ3) is 5.14. The molecule has 1 fully saturated rings. The zero-order valence-corrected chi connectivity index (χ0v) is 22.2. The second kappa shape index (κ2) is 10.4. The summed E-state index contributed by atoms with van der Waals surface area (Å²) in [5.41, 5.74) is 5.97. The van der Waals surface area contributed by atoms with Crippen molar-refractivity contribution in [3.63, 3.8) is 0 Å². The van der Waals surface area contributed by atoms with Gasteiger partial charge in [0.25, 0.3) is 0 Å². The van der Waals surface area contributed by atoms with Gasteiger partial charge in [-0.1, -0.05) is 18.2 Å². The first-order chi connectivity index (χ1) is 17.8. The van der Waals surface area contributed by atoms with Gasteiger partial charge in [-0.05, 0) is 50.6 Å². The van der Waals surface area contributed by atoms with E-state index in [9.17, 15) is 4.79 Å². The maximum absolute atomic E-state index is 13.2. The van der Waals surface area contributed by atoms with E-state index in [2.05, 4.69) is 51.3 Å². The fourth-order valence-corrected chi connectivity index (χ4v) is 5.18. The van der Waals surface area contributed by atoms with E-state index in [4.69, 9.17) is 9.72 Å². The molecule has 0 bridgehead atoms. The Morgan fingerprint density at radius 1 is 1.24 bits per heavy atom. The molecule has 1 N–H and O–H groups in total. The molecule has 194 valence electrons. The third-order valence-electron chi connectivity index (χ3n) is 7.54. The van der Waals surface area contributed by atoms with Crippen LogP contribution in [0, 0.1) is 0 Å². The van der Waals surface area contributed by atoms with Crippen molar-refractivity contribution in [1.29, 1.82) is 0 Å². The molecular weight excluding hydrogens is 466 g/mol. The van der Waals surface area contributed by atoms with Gasteiger partial charge in [-0.2, -0.15) is 0 Å². The molecule has 0 unspecified atom stereocenters. The summed E-state index contributed by atoms with van der Waals surface area (Å²) in [6.07, 6.45) is 7.19. The van der Waals surface area contributed by atoms with Gasteiger partial charge in [0.2, 0.25) is 11.8 Å². The molecule has 1 saturated heterocycles. The van der Waals surface area contributed by atoms with Crippen LogP contribution in [0.1, 0.15) is 42.1 Å². The van der Waals surface area contributed by atoms with Crippen LogP contribution in [-0.2, 0) is 24.7 Å². The van der Waals surface area contributed by atoms with Crippen LogP contribution in [0.5, 0.6) is 5.88 Å². The topological polar surface area (TPSA) is 88.4 Å². The van der Waals surface area contributed by atoms with Crippen LogP contribution in [0.2, 0.25) is 0 Å². The highest BCUT2D eigenvalue weighted by Gasteiger charge is 2.29. The van der Waals surface area contributed by atoms with Gasteiger partial charge in [0.15, 0.2) is 0 Å². The van der Waals surface area contributed by atoms with E-state index in [1.54, 1.807) is 18.0 Å². The number of rotatable bonds is 7. The number of amides is 1. The monoisotopic (exact) mass is 501 g/mol. The van der Waals surface area contributed by atoms with Crippen molar-refractivity contribution in [2.24, 2.45) is 7.05 Å². The quantitative estimate of drug-likeness (QED) is 0.533. The summed E-state index contributed by atoms with van der Waals surface area (Å²) in [7, 11) is 5.62. The van der Waals surface area contributed by atoms with Gasteiger partial charge in [-0.25, -0.2) is 9.97 Å². The molecule has 3 aromatic rings. The fourth-order valence-electron chi connectivity index (χ4n) is 5.18. The van der Waals surface area contributed by atoms with E-state index in [1.165, 1.54) is 0 Å². The van der Waals surface area contributed by atoms with E-state index in [0.29, 0.717) is 24.2 Å². The molecule has 1 aromatic carbocycles. The standard InChI is InChI=1S/C28H35N7O2/c1-18-16-35(14-13-33(18)3)19(2)27(36)31-24-8-6-7-21-22(24)9-10-23(21)25-11-12-29-26(30-25)15-20-17-34(4)32-28(20)37-5/h6-8,10-12,17-19H,9,13-16H2,1-5H3,(H,31,36)/t18-,19-/m1/s1. The number of ether oxygens (including phenoxy) is 1. The smallest absolute Gasteiger partial charge is 0.241 e. The number of carbonyl (C=O) groups is 1. The Kier molecular flexibility index (Phi) is 7.08. The highest BCUT2D eigenvalue weighted by molar-refractivity contribution is 5.97. The predicted molar refractivity (Wildman–Crippen MR) is 144 cm³/mol. The largest absolute Gasteiger partial charge is 0.480 e. The molecule has 1 amide bonds. The number of carbonyl (C=O) groups excluding carboxylic acids is 1. The number of aromatic nitrogens is 4. The summed E-state index contributed by atoms with van der Waals surface area (Å²) in [6, 6.07) is 8.28. The van der Waals surface area contributed by atoms with E-state index in [-0.39, 0.29) is 11.9 Å². The first kappa shape index (κ1) is 25.1. The molecule has 2 aromatic heterocycles. The van der Waals surface area contributed by atoms with Crippen LogP contribution in [0.15, 0.2) is 42.7 Å². The lowest BCUT2D eigenvalue weighted by Crippen LogP contribution is -2.55. The molecular formula is C28H35N7O2. The number of anilines is 1. The van der Waals surface area contributed by atoms with Gasteiger partial charge in [-0.3, -0.25) is 14.4 Å². The lowest BCUT2D eigenvalue weighted by Gasteiger charge is -2.40. The molecule has 3 heterocycles. The molecule has 37 heavy (non-hydrogen) atoms. The van der Waals surface area contributed by atoms with Crippen molar-refractivity contribution >= 4 is 17.2 Å². The van der Waals surface area contributed by atoms with Crippen LogP contribution in [0.25, 0.3) is 5.57 Å². The third-order valence-corrected chi connectivity index (χ3v) is 7.54. The summed E-state index contributed by atoms with van der Waals surface area (Å²) < 4.78 is 7.12. The number of likely N-dealkylation sites (N-methyl/N-ethyl adjacent to an activating group) is 1. The SMILES string of the molecule is COc1nn(C)cc1Cc1nccc(C2=CCc3c(NC(=O)[C@@H](C)N4CCN(C)[C@H](C)C4)cccc32)n1. The maximum Gasteiger partial charge on any atom is 0.241 e. The number of hydrogen-bond donors (Lipinski definition) is 1. The highest BCUT2D eigenvalue weighted by atomic mass is 16.5. The molecule has 0 spiro atoms. The summed E-state index contributed by atoms with van der Waals surface area (Å²) >= 11 is 0. The first-order valence-electron chi connectivity index (χ1n) is 12.8. The summed E-state index contributed by atoms with van der Waals surface area (Å²) in [5, 5.41) is 7.54. The Labute approximate surface area is 218 Å². The molecule has 9 nitrogen and oxygen atoms in total. The summed E-state index contributed by atoms with van der Waals surface area (Å²) in [4.78, 5) is 27.1. The van der Waals surface area contributed by atoms with E-state index >= 15 is 0 Å². The minimum Gasteiger partial charge on any atom is -0.480 e. The lowest BCUT2D eigenvalue weighted by molar-refractivity contribution is -0.121. The van der Waals surface area contributed by atoms with Crippen molar-refractivity contribution in [3.8, 4) is 5.88 Å². The molecule has 2 aliphatic rings. The normalized spacial score (nSPS) is 18.8. The van der Waals surface area contributed by atoms with Gasteiger partial charge in [0, 0.05) is 68.4 Å². The van der Waals surface area contributed by atoms with Gasteiger partial charge < -0.3 is 15.0 Å². The number of benzene rings is 1. The van der Waals surface area contributed by atoms with Gasteiger partial charge in [-0.15, -0.1) is 5.10 Å². The minimum atomic E-state index is -0.185. The summed E-state index contributed by atoms with van der Waals surface area (Å²) in [5.74, 6) is 1.33. The Bertz CT molecular complexity index is 1330. The van der Waals surface area contributed by atoms with Crippen LogP contribution >= 0.6 is 0 Å². The number of piperazine rings is 1. The average Bonchev–Trinajstić information content (AvgIpc) is 3.49. The van der Waals surface area contributed by atoms with Crippen LogP contribution in [0.3, 0.4) is 0 Å². The second-order valence-electron chi connectivity index (χ2n) is 10.0. The Morgan fingerprint density at radius 3 is 2.86 bits per heavy atom. The Morgan fingerprint density at radius 2 is 2.08 bits per heavy atom. The molecule has 2 atom stereocenters. The zero-order chi connectivity index (χ0) is 26.1. The van der Waals surface area contributed by atoms with Crippen molar-refractivity contribution in [2.75, 3.05) is 39.1 Å². The number of nitrogens with one attached hydrogen (secondary N) is 1. The van der Waals surface area contributed by atoms with Crippen LogP contribution in [0.4, 0.5) is 5.69 Å². The molecule has 1 aliphatic heterocycles. The van der Waals surface area contributed by atoms with Crippen molar-refractivity contribution < 1.29 is 9.53 Å². The Balaban J connectivity index is 1.32. The molecule has 5 rings (SSSR count). The van der Waals surface area contributed by atoms with E-state index in [0.717, 1.165) is 59.7 Å². The molecule has 0 radical (unpaired) electrons. The van der Waals surface area contributed by atoms with Gasteiger partial charge in [0.1, 0.15) is 5.82 Å². The minimum absolute atomic E-state index is 0.0355. The number of hydrogen-bond acceptors (Lipinski definition) is 7. The first-order valence-corrected chi connectivity index (χ1v) is 12.8. The Hall–Kier alpha value is -3.56. The average molecular weight is 502 g/mol.